The van der Waals surface area contributed by atoms with Gasteiger partial charge in [0.1, 0.15) is 5.82 Å². The van der Waals surface area contributed by atoms with E-state index in [2.05, 4.69) is 0 Å². The molecule has 0 bridgehead atoms. The van der Waals surface area contributed by atoms with Crippen molar-refractivity contribution < 1.29 is 57.2 Å². The number of benzene rings is 8. The molecule has 8 aromatic carbocycles. The van der Waals surface area contributed by atoms with Gasteiger partial charge >= 0.3 is 30.1 Å². The van der Waals surface area contributed by atoms with Gasteiger partial charge in [0.2, 0.25) is 0 Å². The Kier molecular flexibility index (Phi) is 21.4. The Bertz CT molecular complexity index is 3020. The Hall–Kier alpha value is -7.19. The molecule has 4 N–H and O–H groups in total. The van der Waals surface area contributed by atoms with Crippen LogP contribution in [0.5, 0.6) is 0 Å². The van der Waals surface area contributed by atoms with E-state index in [1.807, 2.05) is 55.5 Å². The highest BCUT2D eigenvalue weighted by atomic mass is 35.5. The summed E-state index contributed by atoms with van der Waals surface area (Å²) < 4.78 is 50.5. The van der Waals surface area contributed by atoms with Crippen molar-refractivity contribution in [3.63, 3.8) is 0 Å². The van der Waals surface area contributed by atoms with Crippen molar-refractivity contribution in [2.75, 3.05) is 0 Å². The van der Waals surface area contributed by atoms with Crippen molar-refractivity contribution >= 4 is 81.9 Å². The highest BCUT2D eigenvalue weighted by Crippen LogP contribution is 2.34. The zero-order valence-corrected chi connectivity index (χ0v) is 43.1. The summed E-state index contributed by atoms with van der Waals surface area (Å²) in [5.74, 6) is -4.03. The predicted octanol–water partition coefficient (Wildman–Crippen LogP) is 16.7. The second kappa shape index (κ2) is 27.4. The molecule has 17 heteroatoms. The van der Waals surface area contributed by atoms with E-state index in [0.717, 1.165) is 51.1 Å². The smallest absolute Gasteiger partial charge is 0.416 e. The molecule has 0 heterocycles. The number of aliphatic carboxylic acids is 4. The Labute approximate surface area is 453 Å². The molecule has 0 saturated carbocycles. The Morgan fingerprint density at radius 3 is 0.880 bits per heavy atom. The lowest BCUT2D eigenvalue weighted by molar-refractivity contribution is -0.138. The van der Waals surface area contributed by atoms with Gasteiger partial charge in [-0.1, -0.05) is 148 Å². The molecule has 0 saturated heterocycles. The zero-order chi connectivity index (χ0) is 55.0. The minimum Gasteiger partial charge on any atom is -0.481 e. The van der Waals surface area contributed by atoms with Gasteiger partial charge in [-0.2, -0.15) is 13.2 Å². The predicted molar refractivity (Wildman–Crippen MR) is 288 cm³/mol. The highest BCUT2D eigenvalue weighted by Gasteiger charge is 2.30. The fourth-order valence-corrected chi connectivity index (χ4v) is 8.35. The van der Waals surface area contributed by atoms with E-state index < -0.39 is 35.6 Å². The number of carboxylic acids is 4. The van der Waals surface area contributed by atoms with Crippen molar-refractivity contribution in [3.05, 3.63) is 234 Å². The highest BCUT2D eigenvalue weighted by molar-refractivity contribution is 6.32. The van der Waals surface area contributed by atoms with E-state index in [0.29, 0.717) is 52.9 Å². The van der Waals surface area contributed by atoms with E-state index in [9.17, 15) is 36.7 Å². The summed E-state index contributed by atoms with van der Waals surface area (Å²) in [6, 6.07) is 46.1. The lowest BCUT2D eigenvalue weighted by Crippen LogP contribution is -2.04. The number of hydrogen-bond acceptors (Lipinski definition) is 4. The molecule has 0 aliphatic rings. The van der Waals surface area contributed by atoms with Crippen LogP contribution in [-0.4, -0.2) is 44.3 Å². The van der Waals surface area contributed by atoms with Crippen molar-refractivity contribution in [1.82, 2.24) is 0 Å². The summed E-state index contributed by atoms with van der Waals surface area (Å²) in [6.07, 6.45) is -4.85. The second-order valence-electron chi connectivity index (χ2n) is 16.4. The third-order valence-corrected chi connectivity index (χ3v) is 12.0. The van der Waals surface area contributed by atoms with Crippen LogP contribution in [0.1, 0.15) is 33.4 Å². The van der Waals surface area contributed by atoms with Gasteiger partial charge in [0, 0.05) is 25.1 Å². The molecular formula is C58H43Cl5F4O8. The van der Waals surface area contributed by atoms with Gasteiger partial charge in [0.25, 0.3) is 0 Å². The summed E-state index contributed by atoms with van der Waals surface area (Å²) in [6.45, 7) is 2.02. The first-order valence-corrected chi connectivity index (χ1v) is 24.1. The Morgan fingerprint density at radius 1 is 0.373 bits per heavy atom. The van der Waals surface area contributed by atoms with Crippen LogP contribution in [0.3, 0.4) is 0 Å². The van der Waals surface area contributed by atoms with Crippen molar-refractivity contribution in [2.24, 2.45) is 0 Å². The van der Waals surface area contributed by atoms with Crippen LogP contribution in [0.4, 0.5) is 17.6 Å². The lowest BCUT2D eigenvalue weighted by Gasteiger charge is -2.11. The first-order valence-electron chi connectivity index (χ1n) is 22.2. The first kappa shape index (κ1) is 58.7. The van der Waals surface area contributed by atoms with E-state index >= 15 is 0 Å². The van der Waals surface area contributed by atoms with Gasteiger partial charge in [0.05, 0.1) is 31.2 Å². The number of carbonyl (C=O) groups is 4. The fraction of sp³-hybridized carbons (Fsp3) is 0.103. The third kappa shape index (κ3) is 18.6. The second-order valence-corrected chi connectivity index (χ2v) is 18.6. The van der Waals surface area contributed by atoms with Gasteiger partial charge in [-0.3, -0.25) is 19.2 Å². The molecule has 0 aliphatic heterocycles. The zero-order valence-electron chi connectivity index (χ0n) is 39.3. The van der Waals surface area contributed by atoms with Gasteiger partial charge in [-0.05, 0) is 159 Å². The molecule has 0 aliphatic carbocycles. The minimum atomic E-state index is -4.40. The first-order chi connectivity index (χ1) is 35.4. The summed E-state index contributed by atoms with van der Waals surface area (Å²) in [5, 5.41) is 38.2. The maximum atomic E-state index is 12.9. The van der Waals surface area contributed by atoms with Gasteiger partial charge in [0.15, 0.2) is 0 Å². The molecule has 8 nitrogen and oxygen atoms in total. The van der Waals surface area contributed by atoms with Crippen LogP contribution >= 0.6 is 58.0 Å². The topological polar surface area (TPSA) is 149 Å². The molecule has 0 fully saturated rings. The normalized spacial score (nSPS) is 10.6. The van der Waals surface area contributed by atoms with E-state index in [4.69, 9.17) is 78.4 Å². The summed E-state index contributed by atoms with van der Waals surface area (Å²) in [4.78, 5) is 43.4. The Balaban J connectivity index is 0.000000185. The molecule has 0 aromatic heterocycles. The van der Waals surface area contributed by atoms with E-state index in [-0.39, 0.29) is 31.5 Å². The molecule has 0 spiro atoms. The maximum Gasteiger partial charge on any atom is 0.416 e. The number of rotatable bonds is 12. The third-order valence-electron chi connectivity index (χ3n) is 10.8. The standard InChI is InChI=1S/C15H10ClF3O2.C15H13ClO2.C14H10Cl2O2.C14H10ClFO2/c16-12-5-6-13(10(7-12)8-14(20)21)9-1-3-11(4-2-9)15(17,18)19;1-10-2-4-11(5-3-10)14-7-6-13(16)8-12(14)9-15(17)18;15-11-3-1-9(2-4-11)13-6-5-12(16)7-10(13)8-14(17)18;15-11-3-6-13(10(7-11)8-14(17)18)9-1-4-12(16)5-2-9/h1-7H,8H2,(H,20,21);2-8H,9H2,1H3,(H,17,18);2*1-7H,8H2,(H,17,18). The number of carboxylic acid groups (broad SMARTS) is 4. The molecule has 0 radical (unpaired) electrons. The molecule has 8 aromatic rings. The number of halogens is 9. The largest absolute Gasteiger partial charge is 0.481 e. The summed E-state index contributed by atoms with van der Waals surface area (Å²) >= 11 is 29.3. The molecular weight excluding hydrogens is 1080 g/mol. The Morgan fingerprint density at radius 2 is 0.613 bits per heavy atom. The van der Waals surface area contributed by atoms with Gasteiger partial charge in [-0.25, -0.2) is 4.39 Å². The number of hydrogen-bond donors (Lipinski definition) is 4. The lowest BCUT2D eigenvalue weighted by atomic mass is 9.97. The molecule has 0 unspecified atom stereocenters. The minimum absolute atomic E-state index is 0.0240. The monoisotopic (exact) mass is 1120 g/mol. The van der Waals surface area contributed by atoms with Crippen LogP contribution in [0.15, 0.2) is 170 Å². The maximum absolute atomic E-state index is 12.9. The SMILES string of the molecule is Cc1ccc(-c2ccc(Cl)cc2CC(=O)O)cc1.O=C(O)Cc1cc(Cl)ccc1-c1ccc(C(F)(F)F)cc1.O=C(O)Cc1cc(Cl)ccc1-c1ccc(Cl)cc1.O=C(O)Cc1cc(Cl)ccc1-c1ccc(F)cc1. The van der Waals surface area contributed by atoms with E-state index in [1.165, 1.54) is 35.9 Å². The van der Waals surface area contributed by atoms with Crippen molar-refractivity contribution in [1.29, 1.82) is 0 Å². The van der Waals surface area contributed by atoms with Crippen LogP contribution in [0, 0.1) is 12.7 Å². The average molecular weight is 1120 g/mol. The quantitative estimate of drug-likeness (QED) is 0.0884. The fourth-order valence-electron chi connectivity index (χ4n) is 7.44. The number of aryl methyl sites for hydroxylation is 1. The van der Waals surface area contributed by atoms with E-state index in [1.54, 1.807) is 78.9 Å². The van der Waals surface area contributed by atoms with Gasteiger partial charge in [-0.15, -0.1) is 0 Å². The molecule has 75 heavy (non-hydrogen) atoms. The van der Waals surface area contributed by atoms with Gasteiger partial charge < -0.3 is 20.4 Å². The molecule has 0 atom stereocenters. The summed E-state index contributed by atoms with van der Waals surface area (Å²) in [7, 11) is 0. The average Bonchev–Trinajstić information content (AvgIpc) is 3.33. The van der Waals surface area contributed by atoms with Crippen LogP contribution < -0.4 is 0 Å². The molecule has 386 valence electrons. The number of alkyl halides is 3. The van der Waals surface area contributed by atoms with Crippen LogP contribution in [0.2, 0.25) is 25.1 Å². The summed E-state index contributed by atoms with van der Waals surface area (Å²) in [5.41, 5.74) is 9.21. The van der Waals surface area contributed by atoms with Crippen LogP contribution in [-0.2, 0) is 51.0 Å². The van der Waals surface area contributed by atoms with Crippen LogP contribution in [0.25, 0.3) is 44.5 Å². The molecule has 8 rings (SSSR count). The van der Waals surface area contributed by atoms with Crippen molar-refractivity contribution in [3.8, 4) is 44.5 Å². The van der Waals surface area contributed by atoms with Crippen molar-refractivity contribution in [2.45, 2.75) is 38.8 Å². The molecule has 0 amide bonds.